The maximum absolute atomic E-state index is 11.7. The summed E-state index contributed by atoms with van der Waals surface area (Å²) in [5, 5.41) is 0. The van der Waals surface area contributed by atoms with E-state index in [-0.39, 0.29) is 17.9 Å². The van der Waals surface area contributed by atoms with Crippen LogP contribution in [0, 0.1) is 0 Å². The van der Waals surface area contributed by atoms with Gasteiger partial charge in [0, 0.05) is 6.54 Å². The molecule has 0 aliphatic carbocycles. The van der Waals surface area contributed by atoms with Crippen LogP contribution in [0.1, 0.15) is 47.5 Å². The van der Waals surface area contributed by atoms with Crippen molar-refractivity contribution in [2.75, 3.05) is 6.54 Å². The molecule has 0 N–H and O–H groups in total. The van der Waals surface area contributed by atoms with Gasteiger partial charge in [-0.2, -0.15) is 0 Å². The molecular weight excluding hydrogens is 234 g/mol. The van der Waals surface area contributed by atoms with Gasteiger partial charge in [0.05, 0.1) is 12.2 Å². The molecule has 0 aliphatic heterocycles. The molecule has 5 heteroatoms. The lowest BCUT2D eigenvalue weighted by Crippen LogP contribution is -2.31. The van der Waals surface area contributed by atoms with E-state index in [2.05, 4.69) is 4.99 Å². The highest BCUT2D eigenvalue weighted by Crippen LogP contribution is 1.99. The van der Waals surface area contributed by atoms with Crippen molar-refractivity contribution in [3.63, 3.8) is 0 Å². The highest BCUT2D eigenvalue weighted by Gasteiger charge is 2.25. The minimum atomic E-state index is -0.716. The molecule has 0 atom stereocenters. The lowest BCUT2D eigenvalue weighted by molar-refractivity contribution is -0.144. The average Bonchev–Trinajstić information content (AvgIpc) is 2.21. The van der Waals surface area contributed by atoms with E-state index < -0.39 is 11.9 Å². The minimum Gasteiger partial charge on any atom is -0.458 e. The SMILES string of the molecule is CCCCN=C(C(=O)OC(C)C)C(=O)OC(C)C. The van der Waals surface area contributed by atoms with Gasteiger partial charge in [-0.25, -0.2) is 9.59 Å². The number of unbranched alkanes of at least 4 members (excludes halogenated alkanes) is 1. The molecule has 0 unspecified atom stereocenters. The van der Waals surface area contributed by atoms with Gasteiger partial charge in [0.25, 0.3) is 0 Å². The van der Waals surface area contributed by atoms with Gasteiger partial charge in [-0.3, -0.25) is 4.99 Å². The molecule has 0 rings (SSSR count). The van der Waals surface area contributed by atoms with Gasteiger partial charge >= 0.3 is 11.9 Å². The van der Waals surface area contributed by atoms with Crippen LogP contribution in [-0.4, -0.2) is 36.4 Å². The third-order valence-electron chi connectivity index (χ3n) is 1.85. The number of nitrogens with zero attached hydrogens (tertiary/aromatic N) is 1. The zero-order valence-electron chi connectivity index (χ0n) is 11.9. The number of esters is 2. The van der Waals surface area contributed by atoms with Crippen LogP contribution >= 0.6 is 0 Å². The van der Waals surface area contributed by atoms with Crippen LogP contribution in [0.2, 0.25) is 0 Å². The number of carbonyl (C=O) groups is 2. The number of hydrogen-bond acceptors (Lipinski definition) is 5. The maximum Gasteiger partial charge on any atom is 0.364 e. The van der Waals surface area contributed by atoms with Crippen LogP contribution in [0.15, 0.2) is 4.99 Å². The summed E-state index contributed by atoms with van der Waals surface area (Å²) in [6.07, 6.45) is 1.17. The lowest BCUT2D eigenvalue weighted by atomic mass is 10.3. The Bertz CT molecular complexity index is 284. The van der Waals surface area contributed by atoms with Crippen molar-refractivity contribution < 1.29 is 19.1 Å². The Morgan fingerprint density at radius 2 is 1.44 bits per heavy atom. The zero-order valence-corrected chi connectivity index (χ0v) is 11.9. The van der Waals surface area contributed by atoms with E-state index in [1.807, 2.05) is 6.92 Å². The monoisotopic (exact) mass is 257 g/mol. The van der Waals surface area contributed by atoms with Gasteiger partial charge in [0.1, 0.15) is 0 Å². The molecule has 0 spiro atoms. The van der Waals surface area contributed by atoms with Gasteiger partial charge in [0.2, 0.25) is 5.71 Å². The predicted octanol–water partition coefficient (Wildman–Crippen LogP) is 2.13. The third-order valence-corrected chi connectivity index (χ3v) is 1.85. The molecule has 0 saturated heterocycles. The van der Waals surface area contributed by atoms with E-state index in [1.165, 1.54) is 0 Å². The predicted molar refractivity (Wildman–Crippen MR) is 69.7 cm³/mol. The molecule has 0 fully saturated rings. The first-order valence-corrected chi connectivity index (χ1v) is 6.34. The molecule has 5 nitrogen and oxygen atoms in total. The second kappa shape index (κ2) is 8.66. The fourth-order valence-electron chi connectivity index (χ4n) is 1.10. The molecule has 18 heavy (non-hydrogen) atoms. The van der Waals surface area contributed by atoms with Crippen LogP contribution in [0.4, 0.5) is 0 Å². The fourth-order valence-corrected chi connectivity index (χ4v) is 1.10. The standard InChI is InChI=1S/C13H23NO4/c1-6-7-8-14-11(12(15)17-9(2)3)13(16)18-10(4)5/h9-10H,6-8H2,1-5H3. The van der Waals surface area contributed by atoms with Crippen molar-refractivity contribution in [3.8, 4) is 0 Å². The van der Waals surface area contributed by atoms with Crippen molar-refractivity contribution in [2.24, 2.45) is 4.99 Å². The third kappa shape index (κ3) is 7.04. The molecule has 0 aliphatic rings. The average molecular weight is 257 g/mol. The summed E-state index contributed by atoms with van der Waals surface area (Å²) in [5.41, 5.74) is -0.245. The van der Waals surface area contributed by atoms with Crippen molar-refractivity contribution in [3.05, 3.63) is 0 Å². The fraction of sp³-hybridized carbons (Fsp3) is 0.769. The van der Waals surface area contributed by atoms with E-state index in [4.69, 9.17) is 9.47 Å². The summed E-state index contributed by atoms with van der Waals surface area (Å²) >= 11 is 0. The van der Waals surface area contributed by atoms with E-state index in [0.717, 1.165) is 12.8 Å². The summed E-state index contributed by atoms with van der Waals surface area (Å²) < 4.78 is 9.95. The number of rotatable bonds is 7. The minimum absolute atomic E-state index is 0.245. The normalized spacial score (nSPS) is 10.4. The first kappa shape index (κ1) is 16.6. The molecule has 0 bridgehead atoms. The Morgan fingerprint density at radius 1 is 1.00 bits per heavy atom. The van der Waals surface area contributed by atoms with Crippen LogP contribution in [-0.2, 0) is 19.1 Å². The number of carbonyl (C=O) groups excluding carboxylic acids is 2. The summed E-state index contributed by atoms with van der Waals surface area (Å²) in [5.74, 6) is -1.43. The quantitative estimate of drug-likeness (QED) is 0.303. The van der Waals surface area contributed by atoms with Crippen molar-refractivity contribution in [1.82, 2.24) is 0 Å². The van der Waals surface area contributed by atoms with E-state index >= 15 is 0 Å². The van der Waals surface area contributed by atoms with Gasteiger partial charge in [-0.05, 0) is 34.1 Å². The molecular formula is C13H23NO4. The largest absolute Gasteiger partial charge is 0.458 e. The second-order valence-corrected chi connectivity index (χ2v) is 4.49. The van der Waals surface area contributed by atoms with Crippen molar-refractivity contribution in [2.45, 2.75) is 59.7 Å². The van der Waals surface area contributed by atoms with Crippen LogP contribution in [0.25, 0.3) is 0 Å². The highest BCUT2D eigenvalue weighted by atomic mass is 16.6. The van der Waals surface area contributed by atoms with Crippen LogP contribution in [0.5, 0.6) is 0 Å². The Labute approximate surface area is 109 Å². The van der Waals surface area contributed by atoms with Crippen LogP contribution < -0.4 is 0 Å². The summed E-state index contributed by atoms with van der Waals surface area (Å²) in [4.78, 5) is 27.4. The Morgan fingerprint density at radius 3 is 1.78 bits per heavy atom. The van der Waals surface area contributed by atoms with Gasteiger partial charge < -0.3 is 9.47 Å². The summed E-state index contributed by atoms with van der Waals surface area (Å²) in [6.45, 7) is 9.30. The molecule has 0 aromatic carbocycles. The lowest BCUT2D eigenvalue weighted by Gasteiger charge is -2.11. The topological polar surface area (TPSA) is 65.0 Å². The number of hydrogen-bond donors (Lipinski definition) is 0. The Kier molecular flexibility index (Phi) is 8.00. The number of aliphatic imine (C=N–C) groups is 1. The molecule has 0 aromatic heterocycles. The molecule has 0 amide bonds. The van der Waals surface area contributed by atoms with E-state index in [9.17, 15) is 9.59 Å². The molecule has 0 radical (unpaired) electrons. The highest BCUT2D eigenvalue weighted by molar-refractivity contribution is 6.62. The van der Waals surface area contributed by atoms with Crippen molar-refractivity contribution in [1.29, 1.82) is 0 Å². The Hall–Kier alpha value is -1.39. The van der Waals surface area contributed by atoms with Gasteiger partial charge in [-0.15, -0.1) is 0 Å². The molecule has 0 heterocycles. The molecule has 0 saturated carbocycles. The van der Waals surface area contributed by atoms with Crippen LogP contribution in [0.3, 0.4) is 0 Å². The van der Waals surface area contributed by atoms with E-state index in [1.54, 1.807) is 27.7 Å². The van der Waals surface area contributed by atoms with Gasteiger partial charge in [-0.1, -0.05) is 13.3 Å². The molecule has 104 valence electrons. The first-order valence-electron chi connectivity index (χ1n) is 6.34. The smallest absolute Gasteiger partial charge is 0.364 e. The van der Waals surface area contributed by atoms with E-state index in [0.29, 0.717) is 6.54 Å². The number of ether oxygens (including phenoxy) is 2. The summed E-state index contributed by atoms with van der Waals surface area (Å²) in [7, 11) is 0. The van der Waals surface area contributed by atoms with Crippen molar-refractivity contribution >= 4 is 17.7 Å². The maximum atomic E-state index is 11.7. The first-order chi connectivity index (χ1) is 8.38. The Balaban J connectivity index is 4.76. The molecule has 0 aromatic rings. The summed E-state index contributed by atoms with van der Waals surface area (Å²) in [6, 6.07) is 0. The zero-order chi connectivity index (χ0) is 14.1. The van der Waals surface area contributed by atoms with Gasteiger partial charge in [0.15, 0.2) is 0 Å². The second-order valence-electron chi connectivity index (χ2n) is 4.49.